The van der Waals surface area contributed by atoms with Gasteiger partial charge in [0.2, 0.25) is 5.91 Å². The largest absolute Gasteiger partial charge is 0.356 e. The first-order chi connectivity index (χ1) is 13.7. The maximum Gasteiger partial charge on any atom is 0.332 e. The molecule has 1 aromatic carbocycles. The molecule has 2 heterocycles. The van der Waals surface area contributed by atoms with Crippen LogP contribution in [-0.4, -0.2) is 50.0 Å². The number of hydrogen-bond donors (Lipinski definition) is 3. The first kappa shape index (κ1) is 21.9. The van der Waals surface area contributed by atoms with Crippen molar-refractivity contribution in [1.29, 1.82) is 0 Å². The third-order valence-corrected chi connectivity index (χ3v) is 7.81. The van der Waals surface area contributed by atoms with Crippen molar-refractivity contribution in [3.63, 3.8) is 0 Å². The molecule has 2 aliphatic rings. The van der Waals surface area contributed by atoms with Crippen molar-refractivity contribution in [2.24, 2.45) is 0 Å². The number of rotatable bonds is 9. The third-order valence-electron chi connectivity index (χ3n) is 5.33. The Labute approximate surface area is 174 Å². The summed E-state index contributed by atoms with van der Waals surface area (Å²) in [5.41, 5.74) is 1.02. The number of unbranched alkanes of at least 4 members (excludes halogenated alkanes) is 1. The number of carbonyl (C=O) groups is 2. The van der Waals surface area contributed by atoms with Gasteiger partial charge in [-0.05, 0) is 43.4 Å². The maximum atomic E-state index is 13.3. The lowest BCUT2D eigenvalue weighted by Gasteiger charge is -2.16. The quantitative estimate of drug-likeness (QED) is 0.308. The molecule has 0 radical (unpaired) electrons. The van der Waals surface area contributed by atoms with Crippen LogP contribution in [0.25, 0.3) is 0 Å². The molecule has 0 spiro atoms. The smallest absolute Gasteiger partial charge is 0.332 e. The van der Waals surface area contributed by atoms with E-state index in [1.807, 2.05) is 11.8 Å². The Kier molecular flexibility index (Phi) is 7.05. The average molecular weight is 444 g/mol. The molecule has 0 aliphatic carbocycles. The van der Waals surface area contributed by atoms with Crippen LogP contribution in [0, 0.1) is 6.92 Å². The second-order valence-corrected chi connectivity index (χ2v) is 10.1. The van der Waals surface area contributed by atoms with E-state index in [4.69, 9.17) is 0 Å². The molecule has 3 rings (SSSR count). The third kappa shape index (κ3) is 5.85. The predicted molar refractivity (Wildman–Crippen MR) is 110 cm³/mol. The van der Waals surface area contributed by atoms with E-state index in [2.05, 4.69) is 16.0 Å². The van der Waals surface area contributed by atoms with E-state index >= 15 is 0 Å². The monoisotopic (exact) mass is 443 g/mol. The van der Waals surface area contributed by atoms with Crippen molar-refractivity contribution in [3.8, 4) is 0 Å². The normalized spacial score (nSPS) is 23.4. The molecule has 3 N–H and O–H groups in total. The van der Waals surface area contributed by atoms with Crippen LogP contribution in [0.4, 0.5) is 8.68 Å². The lowest BCUT2D eigenvalue weighted by Crippen LogP contribution is -2.36. The van der Waals surface area contributed by atoms with Gasteiger partial charge in [0, 0.05) is 24.0 Å². The van der Waals surface area contributed by atoms with Gasteiger partial charge >= 0.3 is 16.3 Å². The summed E-state index contributed by atoms with van der Waals surface area (Å²) in [5.74, 6) is 0.877. The van der Waals surface area contributed by atoms with E-state index in [-0.39, 0.29) is 28.9 Å². The van der Waals surface area contributed by atoms with E-state index in [1.54, 1.807) is 19.1 Å². The van der Waals surface area contributed by atoms with Crippen molar-refractivity contribution in [3.05, 3.63) is 29.3 Å². The first-order valence-electron chi connectivity index (χ1n) is 9.73. The molecule has 2 saturated heterocycles. The standard InChI is InChI=1S/C19H26FN3O4S2/c1-12-6-7-13(10-16(12)29(20,26)27)8-9-21-17(24)5-3-2-4-15-18-14(11-28-15)22-19(25)23-18/h6-7,10,14-15,18H,2-5,8-9,11H2,1H3,(H,21,24)(H2,22,23,25)/t14-,15-,18-/m0/s1. The summed E-state index contributed by atoms with van der Waals surface area (Å²) in [6.45, 7) is 1.91. The zero-order valence-corrected chi connectivity index (χ0v) is 17.9. The highest BCUT2D eigenvalue weighted by molar-refractivity contribution is 8.00. The maximum absolute atomic E-state index is 13.3. The number of benzene rings is 1. The second-order valence-electron chi connectivity index (χ2n) is 7.51. The lowest BCUT2D eigenvalue weighted by molar-refractivity contribution is -0.121. The van der Waals surface area contributed by atoms with Crippen LogP contribution >= 0.6 is 11.8 Å². The number of urea groups is 1. The van der Waals surface area contributed by atoms with Crippen LogP contribution in [0.15, 0.2) is 23.1 Å². The first-order valence-corrected chi connectivity index (χ1v) is 12.2. The van der Waals surface area contributed by atoms with E-state index in [9.17, 15) is 21.9 Å². The molecule has 3 amide bonds. The van der Waals surface area contributed by atoms with E-state index < -0.39 is 10.2 Å². The SMILES string of the molecule is Cc1ccc(CCNC(=O)CCCC[C@@H]2SC[C@@H]3NC(=O)N[C@@H]32)cc1S(=O)(=O)F. The van der Waals surface area contributed by atoms with Crippen molar-refractivity contribution >= 4 is 33.9 Å². The van der Waals surface area contributed by atoms with E-state index in [1.165, 1.54) is 6.07 Å². The number of nitrogens with one attached hydrogen (secondary N) is 3. The Hall–Kier alpha value is -1.81. The highest BCUT2D eigenvalue weighted by Gasteiger charge is 2.42. The van der Waals surface area contributed by atoms with Crippen LogP contribution in [0.5, 0.6) is 0 Å². The Morgan fingerprint density at radius 1 is 1.31 bits per heavy atom. The van der Waals surface area contributed by atoms with Gasteiger partial charge in [-0.1, -0.05) is 18.6 Å². The molecule has 7 nitrogen and oxygen atoms in total. The molecule has 0 aromatic heterocycles. The number of hydrogen-bond acceptors (Lipinski definition) is 5. The Bertz CT molecular complexity index is 878. The number of halogens is 1. The van der Waals surface area contributed by atoms with Gasteiger partial charge in [0.1, 0.15) is 4.90 Å². The van der Waals surface area contributed by atoms with Gasteiger partial charge in [0.05, 0.1) is 12.1 Å². The molecular weight excluding hydrogens is 417 g/mol. The predicted octanol–water partition coefficient (Wildman–Crippen LogP) is 2.04. The summed E-state index contributed by atoms with van der Waals surface area (Å²) in [6.07, 6.45) is 3.51. The number of fused-ring (bicyclic) bond motifs is 1. The number of aryl methyl sites for hydroxylation is 1. The van der Waals surface area contributed by atoms with Crippen molar-refractivity contribution in [2.75, 3.05) is 12.3 Å². The van der Waals surface area contributed by atoms with Gasteiger partial charge < -0.3 is 16.0 Å². The van der Waals surface area contributed by atoms with Gasteiger partial charge in [0.15, 0.2) is 0 Å². The average Bonchev–Trinajstić information content (AvgIpc) is 3.18. The van der Waals surface area contributed by atoms with Gasteiger partial charge in [-0.25, -0.2) is 4.79 Å². The molecule has 0 unspecified atom stereocenters. The Morgan fingerprint density at radius 2 is 2.10 bits per heavy atom. The van der Waals surface area contributed by atoms with E-state index in [0.717, 1.165) is 25.0 Å². The summed E-state index contributed by atoms with van der Waals surface area (Å²) >= 11 is 1.86. The topological polar surface area (TPSA) is 104 Å². The molecule has 0 saturated carbocycles. The highest BCUT2D eigenvalue weighted by atomic mass is 32.3. The molecule has 2 aliphatic heterocycles. The van der Waals surface area contributed by atoms with Gasteiger partial charge in [-0.3, -0.25) is 4.79 Å². The van der Waals surface area contributed by atoms with Crippen LogP contribution in [0.1, 0.15) is 36.8 Å². The summed E-state index contributed by atoms with van der Waals surface area (Å²) in [5, 5.41) is 9.09. The fourth-order valence-corrected chi connectivity index (χ4v) is 6.06. The zero-order valence-electron chi connectivity index (χ0n) is 16.2. The fourth-order valence-electron chi connectivity index (χ4n) is 3.77. The van der Waals surface area contributed by atoms with Gasteiger partial charge in [-0.2, -0.15) is 20.2 Å². The van der Waals surface area contributed by atoms with Crippen LogP contribution in [0.2, 0.25) is 0 Å². The summed E-state index contributed by atoms with van der Waals surface area (Å²) in [4.78, 5) is 23.1. The molecule has 3 atom stereocenters. The minimum absolute atomic E-state index is 0.0526. The minimum atomic E-state index is -4.74. The van der Waals surface area contributed by atoms with Crippen LogP contribution < -0.4 is 16.0 Å². The molecular formula is C19H26FN3O4S2. The van der Waals surface area contributed by atoms with Gasteiger partial charge in [0.25, 0.3) is 0 Å². The van der Waals surface area contributed by atoms with Crippen LogP contribution in [-0.2, 0) is 21.4 Å². The molecule has 10 heteroatoms. The van der Waals surface area contributed by atoms with E-state index in [0.29, 0.717) is 35.8 Å². The zero-order chi connectivity index (χ0) is 21.0. The minimum Gasteiger partial charge on any atom is -0.356 e. The molecule has 2 fully saturated rings. The lowest BCUT2D eigenvalue weighted by atomic mass is 10.0. The Balaban J connectivity index is 1.33. The number of carbonyl (C=O) groups excluding carboxylic acids is 2. The summed E-state index contributed by atoms with van der Waals surface area (Å²) in [7, 11) is -4.74. The summed E-state index contributed by atoms with van der Waals surface area (Å²) < 4.78 is 35.6. The second kappa shape index (κ2) is 9.34. The molecule has 29 heavy (non-hydrogen) atoms. The van der Waals surface area contributed by atoms with Crippen molar-refractivity contribution < 1.29 is 21.9 Å². The number of amides is 3. The fraction of sp³-hybridized carbons (Fsp3) is 0.579. The van der Waals surface area contributed by atoms with Crippen LogP contribution in [0.3, 0.4) is 0 Å². The Morgan fingerprint density at radius 3 is 2.86 bits per heavy atom. The highest BCUT2D eigenvalue weighted by Crippen LogP contribution is 2.33. The molecule has 0 bridgehead atoms. The molecule has 1 aromatic rings. The van der Waals surface area contributed by atoms with Gasteiger partial charge in [-0.15, -0.1) is 3.89 Å². The number of thioether (sulfide) groups is 1. The van der Waals surface area contributed by atoms with Crippen molar-refractivity contribution in [2.45, 2.75) is 61.3 Å². The summed E-state index contributed by atoms with van der Waals surface area (Å²) in [6, 6.07) is 4.94. The van der Waals surface area contributed by atoms with Crippen molar-refractivity contribution in [1.82, 2.24) is 16.0 Å². The molecule has 160 valence electrons.